The molecule has 5 nitrogen and oxygen atoms in total. The van der Waals surface area contributed by atoms with Gasteiger partial charge in [0, 0.05) is 20.5 Å². The Labute approximate surface area is 165 Å². The Bertz CT molecular complexity index is 1020. The molecule has 0 radical (unpaired) electrons. The van der Waals surface area contributed by atoms with Crippen LogP contribution in [0.25, 0.3) is 0 Å². The van der Waals surface area contributed by atoms with Crippen LogP contribution in [0, 0.1) is 3.57 Å². The maximum Gasteiger partial charge on any atom is 0.261 e. The number of amides is 1. The summed E-state index contributed by atoms with van der Waals surface area (Å²) in [7, 11) is -3.68. The second-order valence-electron chi connectivity index (χ2n) is 5.46. The van der Waals surface area contributed by atoms with Gasteiger partial charge in [0.25, 0.3) is 15.9 Å². The lowest BCUT2D eigenvalue weighted by atomic mass is 10.2. The summed E-state index contributed by atoms with van der Waals surface area (Å²) in [5.41, 5.74) is 1.55. The zero-order chi connectivity index (χ0) is 18.6. The van der Waals surface area contributed by atoms with Gasteiger partial charge < -0.3 is 5.32 Å². The fourth-order valence-electron chi connectivity index (χ4n) is 2.27. The minimum atomic E-state index is -3.68. The van der Waals surface area contributed by atoms with Gasteiger partial charge in [-0.1, -0.05) is 24.3 Å². The maximum absolute atomic E-state index is 12.4. The predicted octanol–water partition coefficient (Wildman–Crippen LogP) is 4.34. The molecule has 0 saturated heterocycles. The van der Waals surface area contributed by atoms with Crippen molar-refractivity contribution in [3.05, 3.63) is 88.0 Å². The Balaban J connectivity index is 1.73. The zero-order valence-corrected chi connectivity index (χ0v) is 16.5. The maximum atomic E-state index is 12.4. The van der Waals surface area contributed by atoms with Gasteiger partial charge >= 0.3 is 0 Å². The molecular weight excluding hydrogens is 463 g/mol. The number of anilines is 2. The van der Waals surface area contributed by atoms with Gasteiger partial charge in [0.1, 0.15) is 0 Å². The number of sulfonamides is 1. The quantitative estimate of drug-likeness (QED) is 0.536. The molecule has 7 heteroatoms. The molecule has 26 heavy (non-hydrogen) atoms. The molecule has 0 bridgehead atoms. The average Bonchev–Trinajstić information content (AvgIpc) is 2.62. The van der Waals surface area contributed by atoms with Crippen LogP contribution in [-0.4, -0.2) is 14.3 Å². The zero-order valence-electron chi connectivity index (χ0n) is 13.5. The smallest absolute Gasteiger partial charge is 0.261 e. The van der Waals surface area contributed by atoms with E-state index < -0.39 is 10.0 Å². The highest BCUT2D eigenvalue weighted by Crippen LogP contribution is 2.19. The van der Waals surface area contributed by atoms with Crippen molar-refractivity contribution in [2.45, 2.75) is 4.90 Å². The first-order valence-electron chi connectivity index (χ1n) is 7.69. The summed E-state index contributed by atoms with van der Waals surface area (Å²) < 4.78 is 28.3. The fourth-order valence-corrected chi connectivity index (χ4v) is 3.87. The normalized spacial score (nSPS) is 11.0. The SMILES string of the molecule is O=C(Nc1ccc(S(=O)(=O)Nc2ccccc2)cc1)c1cccc(I)c1. The van der Waals surface area contributed by atoms with Crippen LogP contribution >= 0.6 is 22.6 Å². The van der Waals surface area contributed by atoms with Crippen LogP contribution in [0.15, 0.2) is 83.8 Å². The molecular formula is C19H15IN2O3S. The highest BCUT2D eigenvalue weighted by atomic mass is 127. The molecule has 2 N–H and O–H groups in total. The number of para-hydroxylation sites is 1. The molecule has 0 heterocycles. The summed E-state index contributed by atoms with van der Waals surface area (Å²) >= 11 is 2.14. The molecule has 3 aromatic carbocycles. The van der Waals surface area contributed by atoms with Crippen LogP contribution in [0.2, 0.25) is 0 Å². The third-order valence-electron chi connectivity index (χ3n) is 3.54. The van der Waals surface area contributed by atoms with Crippen LogP contribution in [0.4, 0.5) is 11.4 Å². The monoisotopic (exact) mass is 478 g/mol. The third-order valence-corrected chi connectivity index (χ3v) is 5.60. The standard InChI is InChI=1S/C19H15IN2O3S/c20-15-6-4-5-14(13-15)19(23)21-16-9-11-18(12-10-16)26(24,25)22-17-7-2-1-3-8-17/h1-13,22H,(H,21,23). The van der Waals surface area contributed by atoms with Crippen molar-refractivity contribution in [1.82, 2.24) is 0 Å². The first kappa shape index (κ1) is 18.4. The largest absolute Gasteiger partial charge is 0.322 e. The van der Waals surface area contributed by atoms with Crippen LogP contribution in [0.1, 0.15) is 10.4 Å². The lowest BCUT2D eigenvalue weighted by molar-refractivity contribution is 0.102. The van der Waals surface area contributed by atoms with Gasteiger partial charge in [0.2, 0.25) is 0 Å². The molecule has 0 aliphatic carbocycles. The Hall–Kier alpha value is -2.39. The van der Waals surface area contributed by atoms with E-state index in [4.69, 9.17) is 0 Å². The van der Waals surface area contributed by atoms with E-state index in [0.29, 0.717) is 16.9 Å². The predicted molar refractivity (Wildman–Crippen MR) is 111 cm³/mol. The number of carbonyl (C=O) groups is 1. The van der Waals surface area contributed by atoms with E-state index in [0.717, 1.165) is 3.57 Å². The van der Waals surface area contributed by atoms with E-state index in [1.807, 2.05) is 18.2 Å². The van der Waals surface area contributed by atoms with Crippen LogP contribution in [-0.2, 0) is 10.0 Å². The number of carbonyl (C=O) groups excluding carboxylic acids is 1. The Morgan fingerprint density at radius 1 is 0.808 bits per heavy atom. The lowest BCUT2D eigenvalue weighted by Crippen LogP contribution is -2.14. The topological polar surface area (TPSA) is 75.3 Å². The van der Waals surface area contributed by atoms with E-state index >= 15 is 0 Å². The molecule has 0 spiro atoms. The summed E-state index contributed by atoms with van der Waals surface area (Å²) in [6, 6.07) is 21.9. The minimum Gasteiger partial charge on any atom is -0.322 e. The summed E-state index contributed by atoms with van der Waals surface area (Å²) in [5.74, 6) is -0.249. The minimum absolute atomic E-state index is 0.119. The van der Waals surface area contributed by atoms with E-state index in [1.54, 1.807) is 48.5 Å². The van der Waals surface area contributed by atoms with Gasteiger partial charge in [0.05, 0.1) is 4.90 Å². The number of rotatable bonds is 5. The number of hydrogen-bond acceptors (Lipinski definition) is 3. The number of nitrogens with one attached hydrogen (secondary N) is 2. The highest BCUT2D eigenvalue weighted by Gasteiger charge is 2.14. The van der Waals surface area contributed by atoms with Crippen LogP contribution < -0.4 is 10.0 Å². The number of benzene rings is 3. The van der Waals surface area contributed by atoms with Crippen LogP contribution in [0.5, 0.6) is 0 Å². The first-order valence-corrected chi connectivity index (χ1v) is 10.3. The van der Waals surface area contributed by atoms with Crippen molar-refractivity contribution in [3.63, 3.8) is 0 Å². The van der Waals surface area contributed by atoms with E-state index in [1.165, 1.54) is 12.1 Å². The van der Waals surface area contributed by atoms with Gasteiger partial charge in [-0.25, -0.2) is 8.42 Å². The van der Waals surface area contributed by atoms with E-state index in [-0.39, 0.29) is 10.8 Å². The van der Waals surface area contributed by atoms with Crippen LogP contribution in [0.3, 0.4) is 0 Å². The Kier molecular flexibility index (Phi) is 5.58. The Morgan fingerprint density at radius 3 is 2.15 bits per heavy atom. The third kappa shape index (κ3) is 4.61. The fraction of sp³-hybridized carbons (Fsp3) is 0. The number of hydrogen-bond donors (Lipinski definition) is 2. The van der Waals surface area contributed by atoms with E-state index in [9.17, 15) is 13.2 Å². The molecule has 0 saturated carbocycles. The van der Waals surface area contributed by atoms with Crippen molar-refractivity contribution in [2.24, 2.45) is 0 Å². The van der Waals surface area contributed by atoms with Gasteiger partial charge in [-0.05, 0) is 77.2 Å². The summed E-state index contributed by atoms with van der Waals surface area (Å²) in [6.07, 6.45) is 0. The highest BCUT2D eigenvalue weighted by molar-refractivity contribution is 14.1. The molecule has 1 amide bonds. The molecule has 3 aromatic rings. The van der Waals surface area contributed by atoms with Gasteiger partial charge in [0.15, 0.2) is 0 Å². The van der Waals surface area contributed by atoms with Crippen molar-refractivity contribution in [3.8, 4) is 0 Å². The molecule has 0 unspecified atom stereocenters. The van der Waals surface area contributed by atoms with Crippen molar-refractivity contribution in [1.29, 1.82) is 0 Å². The molecule has 0 atom stereocenters. The Morgan fingerprint density at radius 2 is 1.50 bits per heavy atom. The van der Waals surface area contributed by atoms with Crippen molar-refractivity contribution >= 4 is 49.9 Å². The summed E-state index contributed by atoms with van der Waals surface area (Å²) in [6.45, 7) is 0. The van der Waals surface area contributed by atoms with Gasteiger partial charge in [-0.15, -0.1) is 0 Å². The first-order chi connectivity index (χ1) is 12.4. The summed E-state index contributed by atoms with van der Waals surface area (Å²) in [5, 5.41) is 2.76. The van der Waals surface area contributed by atoms with Gasteiger partial charge in [-0.3, -0.25) is 9.52 Å². The molecule has 3 rings (SSSR count). The molecule has 0 aromatic heterocycles. The second kappa shape index (κ2) is 7.88. The number of halogens is 1. The average molecular weight is 478 g/mol. The van der Waals surface area contributed by atoms with E-state index in [2.05, 4.69) is 32.6 Å². The van der Waals surface area contributed by atoms with Crippen molar-refractivity contribution in [2.75, 3.05) is 10.0 Å². The lowest BCUT2D eigenvalue weighted by Gasteiger charge is -2.09. The van der Waals surface area contributed by atoms with Crippen molar-refractivity contribution < 1.29 is 13.2 Å². The van der Waals surface area contributed by atoms with Gasteiger partial charge in [-0.2, -0.15) is 0 Å². The molecule has 132 valence electrons. The second-order valence-corrected chi connectivity index (χ2v) is 8.39. The molecule has 0 fully saturated rings. The molecule has 0 aliphatic rings. The molecule has 0 aliphatic heterocycles. The summed E-state index contributed by atoms with van der Waals surface area (Å²) in [4.78, 5) is 12.4.